The average Bonchev–Trinajstić information content (AvgIpc) is 2.46. The molecule has 0 fully saturated rings. The quantitative estimate of drug-likeness (QED) is 0.707. The van der Waals surface area contributed by atoms with Crippen LogP contribution in [0, 0.1) is 6.92 Å². The summed E-state index contributed by atoms with van der Waals surface area (Å²) in [6.07, 6.45) is 2.08. The van der Waals surface area contributed by atoms with E-state index in [1.54, 1.807) is 0 Å². The molecule has 2 N–H and O–H groups in total. The zero-order valence-corrected chi connectivity index (χ0v) is 7.99. The first-order chi connectivity index (χ1) is 6.18. The molecule has 0 radical (unpaired) electrons. The lowest BCUT2D eigenvalue weighted by Gasteiger charge is -2.08. The van der Waals surface area contributed by atoms with E-state index in [9.17, 15) is 0 Å². The molecule has 0 bridgehead atoms. The molecule has 2 rings (SSSR count). The molecule has 0 spiro atoms. The van der Waals surface area contributed by atoms with Gasteiger partial charge in [-0.2, -0.15) is 0 Å². The van der Waals surface area contributed by atoms with Gasteiger partial charge in [-0.15, -0.1) is 0 Å². The molecule has 13 heavy (non-hydrogen) atoms. The second-order valence-corrected chi connectivity index (χ2v) is 3.53. The molecule has 0 aliphatic carbocycles. The van der Waals surface area contributed by atoms with E-state index in [1.807, 2.05) is 13.1 Å². The second-order valence-electron chi connectivity index (χ2n) is 3.53. The van der Waals surface area contributed by atoms with Crippen LogP contribution in [0.4, 0.5) is 0 Å². The number of hydrogen-bond donors (Lipinski definition) is 1. The highest BCUT2D eigenvalue weighted by Crippen LogP contribution is 2.19. The van der Waals surface area contributed by atoms with Crippen LogP contribution in [0.1, 0.15) is 18.7 Å². The van der Waals surface area contributed by atoms with E-state index in [2.05, 4.69) is 35.8 Å². The van der Waals surface area contributed by atoms with Crippen LogP contribution in [0.3, 0.4) is 0 Å². The summed E-state index contributed by atoms with van der Waals surface area (Å²) in [5.41, 5.74) is 8.32. The summed E-state index contributed by atoms with van der Waals surface area (Å²) in [4.78, 5) is 0. The lowest BCUT2D eigenvalue weighted by molar-refractivity contribution is 0.592. The molecule has 0 saturated carbocycles. The Hall–Kier alpha value is -1.28. The second kappa shape index (κ2) is 2.89. The van der Waals surface area contributed by atoms with Crippen molar-refractivity contribution < 1.29 is 0 Å². The maximum Gasteiger partial charge on any atom is 0.0786 e. The first kappa shape index (κ1) is 8.32. The maximum absolute atomic E-state index is 5.83. The van der Waals surface area contributed by atoms with Gasteiger partial charge in [0.15, 0.2) is 0 Å². The highest BCUT2D eigenvalue weighted by atomic mass is 15.1. The highest BCUT2D eigenvalue weighted by molar-refractivity contribution is 5.80. The molecule has 1 heterocycles. The van der Waals surface area contributed by atoms with Crippen LogP contribution in [0.25, 0.3) is 10.9 Å². The Kier molecular flexibility index (Phi) is 1.85. The largest absolute Gasteiger partial charge is 0.332 e. The Morgan fingerprint density at radius 3 is 2.77 bits per heavy atom. The van der Waals surface area contributed by atoms with Gasteiger partial charge in [-0.25, -0.2) is 0 Å². The van der Waals surface area contributed by atoms with Crippen molar-refractivity contribution in [1.82, 2.24) is 4.57 Å². The van der Waals surface area contributed by atoms with Gasteiger partial charge in [0.2, 0.25) is 0 Å². The van der Waals surface area contributed by atoms with E-state index in [4.69, 9.17) is 5.73 Å². The number of benzene rings is 1. The fourth-order valence-electron chi connectivity index (χ4n) is 1.64. The summed E-state index contributed by atoms with van der Waals surface area (Å²) in [6.45, 7) is 4.09. The third-order valence-electron chi connectivity index (χ3n) is 2.31. The van der Waals surface area contributed by atoms with E-state index >= 15 is 0 Å². The average molecular weight is 174 g/mol. The molecule has 2 aromatic rings. The van der Waals surface area contributed by atoms with E-state index in [0.29, 0.717) is 0 Å². The first-order valence-corrected chi connectivity index (χ1v) is 4.51. The van der Waals surface area contributed by atoms with Gasteiger partial charge >= 0.3 is 0 Å². The van der Waals surface area contributed by atoms with Gasteiger partial charge in [0, 0.05) is 11.7 Å². The Bertz CT molecular complexity index is 427. The lowest BCUT2D eigenvalue weighted by atomic mass is 10.2. The lowest BCUT2D eigenvalue weighted by Crippen LogP contribution is -2.12. The molecule has 1 unspecified atom stereocenters. The topological polar surface area (TPSA) is 30.9 Å². The molecule has 68 valence electrons. The van der Waals surface area contributed by atoms with Crippen molar-refractivity contribution in [3.8, 4) is 0 Å². The molecule has 0 aliphatic rings. The van der Waals surface area contributed by atoms with Crippen molar-refractivity contribution in [3.05, 3.63) is 36.0 Å². The fourth-order valence-corrected chi connectivity index (χ4v) is 1.64. The minimum absolute atomic E-state index is 0.0419. The van der Waals surface area contributed by atoms with Crippen molar-refractivity contribution in [3.63, 3.8) is 0 Å². The zero-order valence-electron chi connectivity index (χ0n) is 7.99. The predicted molar refractivity (Wildman–Crippen MR) is 55.6 cm³/mol. The standard InChI is InChI=1S/C11H14N2/c1-8-3-4-11-10(7-8)5-6-13(11)9(2)12/h3-7,9H,12H2,1-2H3. The number of aromatic nitrogens is 1. The minimum Gasteiger partial charge on any atom is -0.332 e. The van der Waals surface area contributed by atoms with Crippen molar-refractivity contribution in [2.24, 2.45) is 5.73 Å². The van der Waals surface area contributed by atoms with Gasteiger partial charge < -0.3 is 10.3 Å². The van der Waals surface area contributed by atoms with Crippen LogP contribution in [-0.4, -0.2) is 4.57 Å². The molecule has 0 amide bonds. The van der Waals surface area contributed by atoms with Crippen LogP contribution >= 0.6 is 0 Å². The van der Waals surface area contributed by atoms with Gasteiger partial charge in [-0.05, 0) is 37.4 Å². The first-order valence-electron chi connectivity index (χ1n) is 4.51. The number of nitrogens with zero attached hydrogens (tertiary/aromatic N) is 1. The Morgan fingerprint density at radius 2 is 2.08 bits per heavy atom. The van der Waals surface area contributed by atoms with Crippen LogP contribution in [0.2, 0.25) is 0 Å². The smallest absolute Gasteiger partial charge is 0.0786 e. The monoisotopic (exact) mass is 174 g/mol. The molecule has 0 saturated heterocycles. The van der Waals surface area contributed by atoms with E-state index < -0.39 is 0 Å². The zero-order chi connectivity index (χ0) is 9.42. The van der Waals surface area contributed by atoms with Crippen molar-refractivity contribution in [1.29, 1.82) is 0 Å². The summed E-state index contributed by atoms with van der Waals surface area (Å²) >= 11 is 0. The number of aryl methyl sites for hydroxylation is 1. The summed E-state index contributed by atoms with van der Waals surface area (Å²) in [5.74, 6) is 0. The Balaban J connectivity index is 2.69. The van der Waals surface area contributed by atoms with Gasteiger partial charge in [-0.1, -0.05) is 11.6 Å². The fraction of sp³-hybridized carbons (Fsp3) is 0.273. The van der Waals surface area contributed by atoms with Gasteiger partial charge in [0.05, 0.1) is 6.17 Å². The molecular weight excluding hydrogens is 160 g/mol. The Morgan fingerprint density at radius 1 is 1.31 bits per heavy atom. The maximum atomic E-state index is 5.83. The number of rotatable bonds is 1. The minimum atomic E-state index is 0.0419. The van der Waals surface area contributed by atoms with Crippen molar-refractivity contribution in [2.45, 2.75) is 20.0 Å². The Labute approximate surface area is 78.0 Å². The van der Waals surface area contributed by atoms with Crippen molar-refractivity contribution >= 4 is 10.9 Å². The molecular formula is C11H14N2. The summed E-state index contributed by atoms with van der Waals surface area (Å²) in [5, 5.41) is 1.26. The van der Waals surface area contributed by atoms with Crippen LogP contribution in [0.15, 0.2) is 30.5 Å². The summed E-state index contributed by atoms with van der Waals surface area (Å²) in [7, 11) is 0. The third kappa shape index (κ3) is 1.33. The molecule has 2 heteroatoms. The third-order valence-corrected chi connectivity index (χ3v) is 2.31. The van der Waals surface area contributed by atoms with E-state index in [-0.39, 0.29) is 6.17 Å². The number of fused-ring (bicyclic) bond motifs is 1. The molecule has 0 aliphatic heterocycles. The summed E-state index contributed by atoms with van der Waals surface area (Å²) in [6, 6.07) is 8.51. The predicted octanol–water partition coefficient (Wildman–Crippen LogP) is 2.43. The van der Waals surface area contributed by atoms with Gasteiger partial charge in [-0.3, -0.25) is 0 Å². The molecule has 2 nitrogen and oxygen atoms in total. The molecule has 1 atom stereocenters. The SMILES string of the molecule is Cc1ccc2c(ccn2C(C)N)c1. The number of hydrogen-bond acceptors (Lipinski definition) is 1. The normalized spacial score (nSPS) is 13.5. The van der Waals surface area contributed by atoms with Crippen LogP contribution in [0.5, 0.6) is 0 Å². The van der Waals surface area contributed by atoms with Crippen molar-refractivity contribution in [2.75, 3.05) is 0 Å². The molecule has 1 aromatic carbocycles. The van der Waals surface area contributed by atoms with E-state index in [1.165, 1.54) is 16.5 Å². The van der Waals surface area contributed by atoms with Gasteiger partial charge in [0.1, 0.15) is 0 Å². The van der Waals surface area contributed by atoms with E-state index in [0.717, 1.165) is 0 Å². The van der Waals surface area contributed by atoms with Crippen LogP contribution in [-0.2, 0) is 0 Å². The highest BCUT2D eigenvalue weighted by Gasteiger charge is 2.02. The number of nitrogens with two attached hydrogens (primary N) is 1. The molecule has 1 aromatic heterocycles. The summed E-state index contributed by atoms with van der Waals surface area (Å²) < 4.78 is 2.08. The van der Waals surface area contributed by atoms with Crippen LogP contribution < -0.4 is 5.73 Å². The van der Waals surface area contributed by atoms with Gasteiger partial charge in [0.25, 0.3) is 0 Å².